The normalized spacial score (nSPS) is 14.0. The zero-order valence-corrected chi connectivity index (χ0v) is 29.0. The smallest absolute Gasteiger partial charge is 1.00 e. The van der Waals surface area contributed by atoms with Gasteiger partial charge in [-0.3, -0.25) is 0 Å². The number of benzene rings is 4. The van der Waals surface area contributed by atoms with Gasteiger partial charge in [0.05, 0.1) is 0 Å². The van der Waals surface area contributed by atoms with Crippen molar-refractivity contribution in [1.82, 2.24) is 0 Å². The summed E-state index contributed by atoms with van der Waals surface area (Å²) >= 11 is -2.64. The van der Waals surface area contributed by atoms with E-state index in [2.05, 4.69) is 147 Å². The molecule has 0 atom stereocenters. The van der Waals surface area contributed by atoms with Crippen molar-refractivity contribution in [1.29, 1.82) is 0 Å². The molecular weight excluding hydrogens is 710 g/mol. The molecule has 0 saturated carbocycles. The molecule has 0 heterocycles. The van der Waals surface area contributed by atoms with E-state index in [-0.39, 0.29) is 24.8 Å². The van der Waals surface area contributed by atoms with Crippen molar-refractivity contribution < 1.29 is 44.9 Å². The summed E-state index contributed by atoms with van der Waals surface area (Å²) in [5.74, 6) is 0. The average Bonchev–Trinajstić information content (AvgIpc) is 3.56. The van der Waals surface area contributed by atoms with E-state index in [1.807, 2.05) is 6.66 Å². The summed E-state index contributed by atoms with van der Waals surface area (Å²) in [7, 11) is 0. The SMILES string of the molecule is CC1=[C]([Hf+2]([C]2=C(C)C=C(c3ccccc3)C2)=[Si](c2ccccc2)c2ccccc2)CC(c2ccccc2)=C1.[Cl-].[Cl-]. The van der Waals surface area contributed by atoms with Crippen molar-refractivity contribution >= 4 is 27.0 Å². The Bertz CT molecular complexity index is 1510. The van der Waals surface area contributed by atoms with Gasteiger partial charge in [0.25, 0.3) is 0 Å². The van der Waals surface area contributed by atoms with Gasteiger partial charge < -0.3 is 24.8 Å². The van der Waals surface area contributed by atoms with Crippen molar-refractivity contribution in [2.75, 3.05) is 0 Å². The maximum atomic E-state index is 2.50. The minimum atomic E-state index is -2.64. The second-order valence-corrected chi connectivity index (χ2v) is 28.6. The van der Waals surface area contributed by atoms with Crippen molar-refractivity contribution in [3.8, 4) is 0 Å². The molecule has 6 rings (SSSR count). The monoisotopic (exact) mass is 742 g/mol. The van der Waals surface area contributed by atoms with E-state index < -0.39 is 25.6 Å². The van der Waals surface area contributed by atoms with Gasteiger partial charge in [-0.2, -0.15) is 0 Å². The minimum Gasteiger partial charge on any atom is -1.00 e. The third-order valence-electron chi connectivity index (χ3n) is 7.74. The van der Waals surface area contributed by atoms with Gasteiger partial charge in [0.15, 0.2) is 0 Å². The molecule has 2 aliphatic carbocycles. The maximum absolute atomic E-state index is 2.64. The molecule has 40 heavy (non-hydrogen) atoms. The Morgan fingerprint density at radius 2 is 0.800 bits per heavy atom. The quantitative estimate of drug-likeness (QED) is 0.266. The molecule has 0 bridgehead atoms. The number of hydrogen-bond acceptors (Lipinski definition) is 0. The average molecular weight is 742 g/mol. The fourth-order valence-corrected chi connectivity index (χ4v) is 36.7. The van der Waals surface area contributed by atoms with Crippen molar-refractivity contribution in [3.63, 3.8) is 0 Å². The van der Waals surface area contributed by atoms with Crippen LogP contribution >= 0.6 is 0 Å². The summed E-state index contributed by atoms with van der Waals surface area (Å²) in [6.45, 7) is 4.78. The molecule has 0 unspecified atom stereocenters. The van der Waals surface area contributed by atoms with Crippen LogP contribution in [-0.2, 0) is 20.1 Å². The van der Waals surface area contributed by atoms with Gasteiger partial charge in [-0.05, 0) is 0 Å². The molecule has 198 valence electrons. The fourth-order valence-electron chi connectivity index (χ4n) is 5.85. The van der Waals surface area contributed by atoms with E-state index in [9.17, 15) is 0 Å². The van der Waals surface area contributed by atoms with E-state index in [1.165, 1.54) is 33.4 Å². The van der Waals surface area contributed by atoms with Gasteiger partial charge in [0.2, 0.25) is 0 Å². The molecule has 4 aromatic carbocycles. The van der Waals surface area contributed by atoms with Crippen LogP contribution in [0.2, 0.25) is 0 Å². The number of allylic oxidation sites excluding steroid dienone is 8. The summed E-state index contributed by atoms with van der Waals surface area (Å²) in [6, 6.07) is 45.1. The number of hydrogen-bond donors (Lipinski definition) is 0. The molecule has 4 heteroatoms. The van der Waals surface area contributed by atoms with E-state index >= 15 is 0 Å². The molecule has 0 spiro atoms. The van der Waals surface area contributed by atoms with Crippen LogP contribution in [0.5, 0.6) is 0 Å². The summed E-state index contributed by atoms with van der Waals surface area (Å²) in [5, 5.41) is 3.15. The Morgan fingerprint density at radius 1 is 0.475 bits per heavy atom. The predicted octanol–water partition coefficient (Wildman–Crippen LogP) is 1.94. The summed E-state index contributed by atoms with van der Waals surface area (Å²) < 4.78 is 3.63. The van der Waals surface area contributed by atoms with Crippen LogP contribution in [0.25, 0.3) is 11.1 Å². The molecule has 4 aromatic rings. The third kappa shape index (κ3) is 6.36. The van der Waals surface area contributed by atoms with E-state index in [0.717, 1.165) is 12.8 Å². The molecule has 0 amide bonds. The summed E-state index contributed by atoms with van der Waals surface area (Å²) in [4.78, 5) is 0. The molecule has 0 saturated heterocycles. The first-order chi connectivity index (χ1) is 18.7. The molecule has 0 nitrogen and oxygen atoms in total. The van der Waals surface area contributed by atoms with Crippen LogP contribution in [-0.4, -0.2) is 5.49 Å². The first-order valence-electron chi connectivity index (χ1n) is 13.5. The predicted molar refractivity (Wildman–Crippen MR) is 161 cm³/mol. The van der Waals surface area contributed by atoms with Gasteiger partial charge in [-0.1, -0.05) is 0 Å². The van der Waals surface area contributed by atoms with Gasteiger partial charge >= 0.3 is 236 Å². The second-order valence-electron chi connectivity index (χ2n) is 10.2. The Kier molecular flexibility index (Phi) is 10.6. The van der Waals surface area contributed by atoms with E-state index in [4.69, 9.17) is 0 Å². The zero-order chi connectivity index (χ0) is 25.9. The first kappa shape index (κ1) is 30.5. The van der Waals surface area contributed by atoms with Crippen LogP contribution in [0.1, 0.15) is 37.8 Å². The van der Waals surface area contributed by atoms with Crippen LogP contribution in [0, 0.1) is 0 Å². The molecule has 0 N–H and O–H groups in total. The largest absolute Gasteiger partial charge is 1.00 e. The minimum absolute atomic E-state index is 0. The van der Waals surface area contributed by atoms with Gasteiger partial charge in [-0.15, -0.1) is 0 Å². The fraction of sp³-hybridized carbons (Fsp3) is 0.111. The molecule has 0 fully saturated rings. The maximum Gasteiger partial charge on any atom is -1.00 e. The van der Waals surface area contributed by atoms with Crippen molar-refractivity contribution in [2.45, 2.75) is 26.7 Å². The van der Waals surface area contributed by atoms with Gasteiger partial charge in [0.1, 0.15) is 0 Å². The Morgan fingerprint density at radius 3 is 1.15 bits per heavy atom. The third-order valence-corrected chi connectivity index (χ3v) is 35.0. The standard InChI is InChI=1S/C12H10Si.2C12H11.2ClH.Hf/c1-3-7-11(8-4-1)13-12-9-5-2-6-10-12;2*1-10-7-8-12(9-10)11-5-3-2-4-6-11;;;/h1-10H;2*2-6,9H,8H2,1H3;2*1H;/q;;;;;+2/p-2. The number of halogens is 2. The topological polar surface area (TPSA) is 0 Å². The van der Waals surface area contributed by atoms with Gasteiger partial charge in [-0.25, -0.2) is 0 Å². The molecular formula is C36H32Cl2HfSi. The van der Waals surface area contributed by atoms with Crippen LogP contribution in [0.4, 0.5) is 0 Å². The molecule has 0 radical (unpaired) electrons. The first-order valence-corrected chi connectivity index (χ1v) is 23.9. The van der Waals surface area contributed by atoms with Gasteiger partial charge in [0, 0.05) is 0 Å². The number of rotatable bonds is 6. The zero-order valence-electron chi connectivity index (χ0n) is 22.9. The molecule has 0 aliphatic heterocycles. The van der Waals surface area contributed by atoms with Crippen molar-refractivity contribution in [3.05, 3.63) is 162 Å². The second kappa shape index (κ2) is 13.9. The molecule has 0 aromatic heterocycles. The van der Waals surface area contributed by atoms with E-state index in [0.29, 0.717) is 0 Å². The van der Waals surface area contributed by atoms with Crippen molar-refractivity contribution in [2.24, 2.45) is 0 Å². The summed E-state index contributed by atoms with van der Waals surface area (Å²) in [5.41, 5.74) is 7.87. The summed E-state index contributed by atoms with van der Waals surface area (Å²) in [6.07, 6.45) is 7.23. The van der Waals surface area contributed by atoms with Crippen LogP contribution in [0.3, 0.4) is 0 Å². The Hall–Kier alpha value is -2.49. The van der Waals surface area contributed by atoms with Crippen LogP contribution < -0.4 is 35.2 Å². The van der Waals surface area contributed by atoms with E-state index in [1.54, 1.807) is 10.4 Å². The Balaban J connectivity index is 0.00000185. The molecule has 2 aliphatic rings. The Labute approximate surface area is 259 Å². The van der Waals surface area contributed by atoms with Crippen LogP contribution in [0.15, 0.2) is 151 Å².